The number of rotatable bonds is 5. The van der Waals surface area contributed by atoms with Crippen LogP contribution in [0.3, 0.4) is 0 Å². The Kier molecular flexibility index (Phi) is 6.17. The maximum atomic E-state index is 13.8. The van der Waals surface area contributed by atoms with Crippen molar-refractivity contribution in [2.24, 2.45) is 0 Å². The molecule has 0 bridgehead atoms. The second kappa shape index (κ2) is 9.76. The lowest BCUT2D eigenvalue weighted by Gasteiger charge is -2.25. The fourth-order valence-electron chi connectivity index (χ4n) is 4.59. The van der Waals surface area contributed by atoms with Gasteiger partial charge in [0.15, 0.2) is 11.0 Å². The van der Waals surface area contributed by atoms with Crippen molar-refractivity contribution in [3.8, 4) is 16.4 Å². The first-order valence-corrected chi connectivity index (χ1v) is 13.7. The Labute approximate surface area is 218 Å². The number of aryl methyl sites for hydroxylation is 3. The number of hydrogen-bond donors (Lipinski definition) is 0. The molecular weight excluding hydrogens is 484 g/mol. The summed E-state index contributed by atoms with van der Waals surface area (Å²) in [5.41, 5.74) is 6.48. The van der Waals surface area contributed by atoms with Crippen molar-refractivity contribution in [3.63, 3.8) is 0 Å². The van der Waals surface area contributed by atoms with Crippen LogP contribution in [0.5, 0.6) is 0 Å². The van der Waals surface area contributed by atoms with Crippen LogP contribution < -0.4 is 4.90 Å². The molecule has 0 spiro atoms. The number of benzene rings is 3. The molecule has 1 aliphatic heterocycles. The second-order valence-electron chi connectivity index (χ2n) is 8.73. The summed E-state index contributed by atoms with van der Waals surface area (Å²) in [6.45, 7) is 2.07. The van der Waals surface area contributed by atoms with E-state index in [0.717, 1.165) is 40.6 Å². The fraction of sp³-hybridized carbons (Fsp3) is 0.138. The van der Waals surface area contributed by atoms with Crippen LogP contribution in [0.25, 0.3) is 16.4 Å². The Hall–Kier alpha value is -3.68. The van der Waals surface area contributed by atoms with Gasteiger partial charge in [-0.05, 0) is 66.6 Å². The van der Waals surface area contributed by atoms with Gasteiger partial charge >= 0.3 is 0 Å². The van der Waals surface area contributed by atoms with Gasteiger partial charge in [0.2, 0.25) is 5.91 Å². The van der Waals surface area contributed by atoms with Gasteiger partial charge in [-0.25, -0.2) is 0 Å². The predicted molar refractivity (Wildman–Crippen MR) is 148 cm³/mol. The molecule has 3 heterocycles. The van der Waals surface area contributed by atoms with E-state index in [-0.39, 0.29) is 11.7 Å². The molecule has 36 heavy (non-hydrogen) atoms. The minimum Gasteiger partial charge on any atom is -0.280 e. The van der Waals surface area contributed by atoms with Crippen LogP contribution in [-0.2, 0) is 17.6 Å². The summed E-state index contributed by atoms with van der Waals surface area (Å²) in [4.78, 5) is 16.8. The Bertz CT molecular complexity index is 1480. The van der Waals surface area contributed by atoms with Crippen LogP contribution >= 0.6 is 23.1 Å². The monoisotopic (exact) mass is 508 g/mol. The number of aromatic nitrogens is 3. The molecule has 3 aromatic carbocycles. The molecular formula is C29H24N4OS2. The molecule has 178 valence electrons. The van der Waals surface area contributed by atoms with Gasteiger partial charge in [-0.1, -0.05) is 71.9 Å². The van der Waals surface area contributed by atoms with Crippen molar-refractivity contribution in [1.29, 1.82) is 0 Å². The molecule has 0 N–H and O–H groups in total. The highest BCUT2D eigenvalue weighted by molar-refractivity contribution is 7.99. The standard InChI is InChI=1S/C29H24N4OS2/c1-20-12-16-23(17-13-20)32-28(26-11-6-18-35-26)30-31-29(32)36-19-27(34)33-24-9-4-2-7-21(24)14-15-22-8-3-5-10-25(22)33/h2-13,16-18H,14-15,19H2,1H3. The van der Waals surface area contributed by atoms with Crippen molar-refractivity contribution in [2.45, 2.75) is 24.9 Å². The van der Waals surface area contributed by atoms with Gasteiger partial charge in [0.05, 0.1) is 22.0 Å². The quantitative estimate of drug-likeness (QED) is 0.243. The van der Waals surface area contributed by atoms with E-state index in [0.29, 0.717) is 5.16 Å². The third kappa shape index (κ3) is 4.25. The van der Waals surface area contributed by atoms with E-state index in [1.54, 1.807) is 11.3 Å². The predicted octanol–water partition coefficient (Wildman–Crippen LogP) is 6.86. The van der Waals surface area contributed by atoms with Gasteiger partial charge in [-0.2, -0.15) is 0 Å². The molecule has 0 saturated heterocycles. The first-order chi connectivity index (χ1) is 17.7. The number of para-hydroxylation sites is 2. The van der Waals surface area contributed by atoms with Crippen molar-refractivity contribution in [3.05, 3.63) is 107 Å². The lowest BCUT2D eigenvalue weighted by Crippen LogP contribution is -2.28. The third-order valence-electron chi connectivity index (χ3n) is 6.37. The molecule has 0 unspecified atom stereocenters. The van der Waals surface area contributed by atoms with E-state index in [1.165, 1.54) is 28.5 Å². The van der Waals surface area contributed by atoms with Crippen molar-refractivity contribution < 1.29 is 4.79 Å². The van der Waals surface area contributed by atoms with Crippen LogP contribution in [-0.4, -0.2) is 26.4 Å². The lowest BCUT2D eigenvalue weighted by molar-refractivity contribution is -0.115. The van der Waals surface area contributed by atoms with Gasteiger partial charge in [0, 0.05) is 5.69 Å². The van der Waals surface area contributed by atoms with E-state index in [9.17, 15) is 4.79 Å². The highest BCUT2D eigenvalue weighted by Gasteiger charge is 2.26. The van der Waals surface area contributed by atoms with Gasteiger partial charge in [0.1, 0.15) is 0 Å². The number of thiophene rings is 1. The number of hydrogen-bond acceptors (Lipinski definition) is 5. The number of amides is 1. The van der Waals surface area contributed by atoms with Gasteiger partial charge < -0.3 is 0 Å². The summed E-state index contributed by atoms with van der Waals surface area (Å²) in [7, 11) is 0. The number of fused-ring (bicyclic) bond motifs is 2. The molecule has 0 aliphatic carbocycles. The largest absolute Gasteiger partial charge is 0.280 e. The molecule has 1 amide bonds. The number of thioether (sulfide) groups is 1. The van der Waals surface area contributed by atoms with E-state index in [1.807, 2.05) is 63.4 Å². The first kappa shape index (κ1) is 22.8. The van der Waals surface area contributed by atoms with Crippen LogP contribution in [0, 0.1) is 6.92 Å². The smallest absolute Gasteiger partial charge is 0.242 e. The highest BCUT2D eigenvalue weighted by atomic mass is 32.2. The molecule has 6 rings (SSSR count). The molecule has 5 aromatic rings. The minimum absolute atomic E-state index is 0.0259. The Morgan fingerprint density at radius 3 is 2.17 bits per heavy atom. The van der Waals surface area contributed by atoms with E-state index < -0.39 is 0 Å². The minimum atomic E-state index is 0.0259. The summed E-state index contributed by atoms with van der Waals surface area (Å²) in [6, 6.07) is 28.8. The summed E-state index contributed by atoms with van der Waals surface area (Å²) in [5, 5.41) is 11.8. The van der Waals surface area contributed by atoms with Crippen molar-refractivity contribution in [2.75, 3.05) is 10.7 Å². The zero-order valence-electron chi connectivity index (χ0n) is 19.8. The number of carbonyl (C=O) groups is 1. The van der Waals surface area contributed by atoms with E-state index >= 15 is 0 Å². The fourth-order valence-corrected chi connectivity index (χ4v) is 6.09. The van der Waals surface area contributed by atoms with Gasteiger partial charge in [-0.15, -0.1) is 21.5 Å². The molecule has 0 fully saturated rings. The Morgan fingerprint density at radius 2 is 1.53 bits per heavy atom. The summed E-state index contributed by atoms with van der Waals surface area (Å²) >= 11 is 3.05. The Morgan fingerprint density at radius 1 is 0.861 bits per heavy atom. The van der Waals surface area contributed by atoms with E-state index in [2.05, 4.69) is 53.5 Å². The third-order valence-corrected chi connectivity index (χ3v) is 8.15. The van der Waals surface area contributed by atoms with Crippen LogP contribution in [0.4, 0.5) is 11.4 Å². The molecule has 1 aliphatic rings. The topological polar surface area (TPSA) is 51.0 Å². The van der Waals surface area contributed by atoms with Crippen molar-refractivity contribution >= 4 is 40.4 Å². The summed E-state index contributed by atoms with van der Waals surface area (Å²) in [6.07, 6.45) is 1.83. The number of carbonyl (C=O) groups excluding carboxylic acids is 1. The summed E-state index contributed by atoms with van der Waals surface area (Å²) in [5.74, 6) is 1.06. The maximum Gasteiger partial charge on any atom is 0.242 e. The summed E-state index contributed by atoms with van der Waals surface area (Å²) < 4.78 is 2.05. The maximum absolute atomic E-state index is 13.8. The molecule has 7 heteroatoms. The van der Waals surface area contributed by atoms with E-state index in [4.69, 9.17) is 0 Å². The van der Waals surface area contributed by atoms with Gasteiger partial charge in [0.25, 0.3) is 0 Å². The number of nitrogens with zero attached hydrogens (tertiary/aromatic N) is 4. The normalized spacial score (nSPS) is 12.6. The molecule has 5 nitrogen and oxygen atoms in total. The van der Waals surface area contributed by atoms with Crippen LogP contribution in [0.2, 0.25) is 0 Å². The lowest BCUT2D eigenvalue weighted by atomic mass is 10.0. The van der Waals surface area contributed by atoms with Crippen LogP contribution in [0.1, 0.15) is 16.7 Å². The average Bonchev–Trinajstić information content (AvgIpc) is 3.55. The van der Waals surface area contributed by atoms with Crippen molar-refractivity contribution in [1.82, 2.24) is 14.8 Å². The van der Waals surface area contributed by atoms with Gasteiger partial charge in [-0.3, -0.25) is 14.3 Å². The molecule has 0 radical (unpaired) electrons. The molecule has 0 saturated carbocycles. The average molecular weight is 509 g/mol. The number of anilines is 2. The zero-order valence-corrected chi connectivity index (χ0v) is 21.4. The first-order valence-electron chi connectivity index (χ1n) is 11.9. The second-order valence-corrected chi connectivity index (χ2v) is 10.6. The van der Waals surface area contributed by atoms with Crippen LogP contribution in [0.15, 0.2) is 95.5 Å². The molecule has 2 aromatic heterocycles. The molecule has 0 atom stereocenters. The Balaban J connectivity index is 1.35. The SMILES string of the molecule is Cc1ccc(-n2c(SCC(=O)N3c4ccccc4CCc4ccccc43)nnc2-c2cccs2)cc1. The highest BCUT2D eigenvalue weighted by Crippen LogP contribution is 2.37. The zero-order chi connectivity index (χ0) is 24.5.